The van der Waals surface area contributed by atoms with Crippen molar-refractivity contribution < 1.29 is 9.53 Å². The fraction of sp³-hybridized carbons (Fsp3) is 0.105. The number of ether oxygens (including phenoxy) is 1. The van der Waals surface area contributed by atoms with E-state index in [4.69, 9.17) is 4.74 Å². The normalized spacial score (nSPS) is 10.4. The van der Waals surface area contributed by atoms with Gasteiger partial charge in [-0.15, -0.1) is 0 Å². The Morgan fingerprint density at radius 2 is 1.84 bits per heavy atom. The molecule has 126 valence electrons. The van der Waals surface area contributed by atoms with Crippen molar-refractivity contribution in [2.24, 2.45) is 0 Å². The molecule has 0 saturated carbocycles. The first-order valence-electron chi connectivity index (χ1n) is 7.63. The Hall–Kier alpha value is -2.86. The molecular formula is C19H16N2O3S. The average Bonchev–Trinajstić information content (AvgIpc) is 2.67. The summed E-state index contributed by atoms with van der Waals surface area (Å²) in [6.45, 7) is 0. The van der Waals surface area contributed by atoms with Crippen molar-refractivity contribution in [3.63, 3.8) is 0 Å². The number of aromatic nitrogens is 2. The average molecular weight is 352 g/mol. The van der Waals surface area contributed by atoms with Gasteiger partial charge in [-0.25, -0.2) is 4.98 Å². The molecule has 6 heteroatoms. The molecule has 1 heterocycles. The van der Waals surface area contributed by atoms with E-state index in [1.54, 1.807) is 43.8 Å². The number of Topliss-reactive ketones (excluding diaryl/α,β-unsaturated/α-hetero) is 1. The highest BCUT2D eigenvalue weighted by Gasteiger charge is 2.13. The van der Waals surface area contributed by atoms with Gasteiger partial charge in [0, 0.05) is 18.0 Å². The van der Waals surface area contributed by atoms with Gasteiger partial charge in [0.15, 0.2) is 10.8 Å². The minimum Gasteiger partial charge on any atom is -0.495 e. The van der Waals surface area contributed by atoms with Crippen LogP contribution in [0.1, 0.15) is 10.4 Å². The van der Waals surface area contributed by atoms with Crippen LogP contribution in [0.3, 0.4) is 0 Å². The van der Waals surface area contributed by atoms with Gasteiger partial charge in [0.2, 0.25) is 0 Å². The van der Waals surface area contributed by atoms with Crippen molar-refractivity contribution in [2.45, 2.75) is 5.03 Å². The topological polar surface area (TPSA) is 61.2 Å². The van der Waals surface area contributed by atoms with E-state index in [0.717, 1.165) is 11.8 Å². The molecule has 1 aromatic heterocycles. The van der Waals surface area contributed by atoms with E-state index in [9.17, 15) is 9.59 Å². The van der Waals surface area contributed by atoms with E-state index < -0.39 is 0 Å². The molecule has 25 heavy (non-hydrogen) atoms. The lowest BCUT2D eigenvalue weighted by molar-refractivity contribution is 0.102. The molecule has 0 aliphatic rings. The van der Waals surface area contributed by atoms with Crippen LogP contribution in [-0.4, -0.2) is 28.2 Å². The molecule has 0 N–H and O–H groups in total. The van der Waals surface area contributed by atoms with Gasteiger partial charge < -0.3 is 4.74 Å². The number of ketones is 1. The third-order valence-electron chi connectivity index (χ3n) is 3.59. The first kappa shape index (κ1) is 17.0. The lowest BCUT2D eigenvalue weighted by atomic mass is 10.2. The van der Waals surface area contributed by atoms with Crippen LogP contribution in [0, 0.1) is 0 Å². The van der Waals surface area contributed by atoms with E-state index >= 15 is 0 Å². The summed E-state index contributed by atoms with van der Waals surface area (Å²) in [7, 11) is 1.55. The number of hydrogen-bond acceptors (Lipinski definition) is 5. The maximum absolute atomic E-state index is 12.7. The van der Waals surface area contributed by atoms with Crippen molar-refractivity contribution in [3.8, 4) is 11.4 Å². The zero-order valence-corrected chi connectivity index (χ0v) is 14.4. The molecule has 2 aromatic carbocycles. The second-order valence-corrected chi connectivity index (χ2v) is 6.12. The summed E-state index contributed by atoms with van der Waals surface area (Å²) in [4.78, 5) is 29.0. The lowest BCUT2D eigenvalue weighted by Gasteiger charge is -2.11. The zero-order chi connectivity index (χ0) is 17.6. The molecule has 5 nitrogen and oxygen atoms in total. The Morgan fingerprint density at radius 1 is 1.12 bits per heavy atom. The number of methoxy groups -OCH3 is 1. The summed E-state index contributed by atoms with van der Waals surface area (Å²) in [5.41, 5.74) is 0.975. The number of para-hydroxylation sites is 2. The van der Waals surface area contributed by atoms with Gasteiger partial charge >= 0.3 is 0 Å². The molecule has 0 spiro atoms. The monoisotopic (exact) mass is 352 g/mol. The minimum absolute atomic E-state index is 0.0421. The maximum Gasteiger partial charge on any atom is 0.287 e. The van der Waals surface area contributed by atoms with Crippen LogP contribution in [0.25, 0.3) is 5.69 Å². The van der Waals surface area contributed by atoms with Gasteiger partial charge in [0.25, 0.3) is 5.56 Å². The molecule has 0 unspecified atom stereocenters. The van der Waals surface area contributed by atoms with Crippen LogP contribution < -0.4 is 10.3 Å². The molecule has 0 saturated heterocycles. The number of thioether (sulfide) groups is 1. The summed E-state index contributed by atoms with van der Waals surface area (Å²) in [5.74, 6) is 0.703. The van der Waals surface area contributed by atoms with E-state index in [1.165, 1.54) is 4.57 Å². The highest BCUT2D eigenvalue weighted by atomic mass is 32.2. The van der Waals surface area contributed by atoms with E-state index in [-0.39, 0.29) is 22.1 Å². The Morgan fingerprint density at radius 3 is 2.60 bits per heavy atom. The number of carbonyl (C=O) groups excluding carboxylic acids is 1. The van der Waals surface area contributed by atoms with Crippen LogP contribution in [0.15, 0.2) is 76.8 Å². The summed E-state index contributed by atoms with van der Waals surface area (Å²) >= 11 is 1.14. The third-order valence-corrected chi connectivity index (χ3v) is 4.55. The Labute approximate surface area is 149 Å². The first-order valence-corrected chi connectivity index (χ1v) is 8.61. The Balaban J connectivity index is 1.85. The van der Waals surface area contributed by atoms with Crippen LogP contribution >= 0.6 is 11.8 Å². The molecule has 0 radical (unpaired) electrons. The maximum atomic E-state index is 12.7. The highest BCUT2D eigenvalue weighted by Crippen LogP contribution is 2.21. The molecule has 0 aliphatic carbocycles. The molecular weight excluding hydrogens is 336 g/mol. The van der Waals surface area contributed by atoms with Crippen molar-refractivity contribution >= 4 is 17.5 Å². The van der Waals surface area contributed by atoms with Crippen molar-refractivity contribution in [3.05, 3.63) is 82.9 Å². The number of nitrogens with zero attached hydrogens (tertiary/aromatic N) is 2. The van der Waals surface area contributed by atoms with Gasteiger partial charge in [0.05, 0.1) is 18.6 Å². The SMILES string of the molecule is COc1ccccc1-n1ccnc(SCC(=O)c2ccccc2)c1=O. The first-order chi connectivity index (χ1) is 12.2. The van der Waals surface area contributed by atoms with Gasteiger partial charge in [0.1, 0.15) is 5.75 Å². The lowest BCUT2D eigenvalue weighted by Crippen LogP contribution is -2.21. The minimum atomic E-state index is -0.280. The van der Waals surface area contributed by atoms with E-state index in [2.05, 4.69) is 4.98 Å². The standard InChI is InChI=1S/C19H16N2O3S/c1-24-17-10-6-5-9-15(17)21-12-11-20-18(19(21)23)25-13-16(22)14-7-3-2-4-8-14/h2-12H,13H2,1H3. The number of rotatable bonds is 6. The molecule has 0 fully saturated rings. The second kappa shape index (κ2) is 7.81. The molecule has 3 rings (SSSR count). The largest absolute Gasteiger partial charge is 0.495 e. The van der Waals surface area contributed by atoms with Crippen molar-refractivity contribution in [1.29, 1.82) is 0 Å². The summed E-state index contributed by atoms with van der Waals surface area (Å²) in [6, 6.07) is 16.2. The van der Waals surface area contributed by atoms with Gasteiger partial charge in [-0.1, -0.05) is 54.2 Å². The van der Waals surface area contributed by atoms with Gasteiger partial charge in [-0.05, 0) is 12.1 Å². The molecule has 0 atom stereocenters. The predicted molar refractivity (Wildman–Crippen MR) is 97.9 cm³/mol. The van der Waals surface area contributed by atoms with Crippen LogP contribution in [0.2, 0.25) is 0 Å². The Bertz CT molecular complexity index is 939. The van der Waals surface area contributed by atoms with Crippen molar-refractivity contribution in [2.75, 3.05) is 12.9 Å². The second-order valence-electron chi connectivity index (χ2n) is 5.16. The van der Waals surface area contributed by atoms with Gasteiger partial charge in [-0.2, -0.15) is 0 Å². The Kier molecular flexibility index (Phi) is 5.30. The highest BCUT2D eigenvalue weighted by molar-refractivity contribution is 7.99. The summed E-state index contributed by atoms with van der Waals surface area (Å²) in [6.07, 6.45) is 3.13. The third kappa shape index (κ3) is 3.80. The fourth-order valence-electron chi connectivity index (χ4n) is 2.35. The molecule has 3 aromatic rings. The number of benzene rings is 2. The predicted octanol–water partition coefficient (Wildman–Crippen LogP) is 3.22. The molecule has 0 aliphatic heterocycles. The fourth-order valence-corrected chi connectivity index (χ4v) is 3.14. The van der Waals surface area contributed by atoms with Crippen LogP contribution in [0.5, 0.6) is 5.75 Å². The molecule has 0 amide bonds. The number of hydrogen-bond donors (Lipinski definition) is 0. The summed E-state index contributed by atoms with van der Waals surface area (Å²) < 4.78 is 6.78. The number of carbonyl (C=O) groups is 1. The molecule has 0 bridgehead atoms. The van der Waals surface area contributed by atoms with Crippen LogP contribution in [-0.2, 0) is 0 Å². The summed E-state index contributed by atoms with van der Waals surface area (Å²) in [5, 5.41) is 0.276. The van der Waals surface area contributed by atoms with Crippen molar-refractivity contribution in [1.82, 2.24) is 9.55 Å². The quantitative estimate of drug-likeness (QED) is 0.503. The van der Waals surface area contributed by atoms with E-state index in [0.29, 0.717) is 17.0 Å². The van der Waals surface area contributed by atoms with Crippen LogP contribution in [0.4, 0.5) is 0 Å². The van der Waals surface area contributed by atoms with Gasteiger partial charge in [-0.3, -0.25) is 14.2 Å². The zero-order valence-electron chi connectivity index (χ0n) is 13.6. The smallest absolute Gasteiger partial charge is 0.287 e. The van der Waals surface area contributed by atoms with E-state index in [1.807, 2.05) is 30.3 Å².